The highest BCUT2D eigenvalue weighted by Gasteiger charge is 2.35. The summed E-state index contributed by atoms with van der Waals surface area (Å²) in [6.07, 6.45) is 2.78. The van der Waals surface area contributed by atoms with Crippen LogP contribution in [0.2, 0.25) is 0 Å². The summed E-state index contributed by atoms with van der Waals surface area (Å²) in [6.45, 7) is 2.43. The maximum Gasteiger partial charge on any atom is 0.323 e. The van der Waals surface area contributed by atoms with Crippen molar-refractivity contribution in [1.29, 1.82) is 0 Å². The topological polar surface area (TPSA) is 77.9 Å². The Labute approximate surface area is 142 Å². The van der Waals surface area contributed by atoms with Crippen LogP contribution in [-0.2, 0) is 14.4 Å². The van der Waals surface area contributed by atoms with E-state index >= 15 is 0 Å². The third-order valence-corrected chi connectivity index (χ3v) is 4.15. The number of carbonyl (C=O) groups excluding carboxylic acids is 2. The van der Waals surface area contributed by atoms with Crippen LogP contribution in [0.3, 0.4) is 0 Å². The van der Waals surface area contributed by atoms with Crippen molar-refractivity contribution in [2.75, 3.05) is 19.6 Å². The maximum atomic E-state index is 13.1. The van der Waals surface area contributed by atoms with E-state index in [2.05, 4.69) is 0 Å². The molecule has 1 atom stereocenters. The largest absolute Gasteiger partial charge is 0.480 e. The molecule has 1 aromatic carbocycles. The van der Waals surface area contributed by atoms with Gasteiger partial charge in [0, 0.05) is 19.5 Å². The molecular weight excluding hydrogens is 308 g/mol. The Kier molecular flexibility index (Phi) is 6.35. The van der Waals surface area contributed by atoms with Gasteiger partial charge in [-0.3, -0.25) is 14.4 Å². The SMILES string of the molecule is CCCN(CC(=O)O)C(=O)C(c1ccccc1)N1CCCCC1=O. The molecule has 24 heavy (non-hydrogen) atoms. The molecule has 1 aromatic rings. The average molecular weight is 332 g/mol. The Hall–Kier alpha value is -2.37. The number of rotatable bonds is 7. The average Bonchev–Trinajstić information content (AvgIpc) is 2.57. The lowest BCUT2D eigenvalue weighted by Gasteiger charge is -2.36. The molecule has 2 rings (SSSR count). The molecule has 1 saturated heterocycles. The first-order chi connectivity index (χ1) is 11.5. The molecule has 2 amide bonds. The van der Waals surface area contributed by atoms with Crippen molar-refractivity contribution in [3.63, 3.8) is 0 Å². The van der Waals surface area contributed by atoms with E-state index in [4.69, 9.17) is 5.11 Å². The maximum absolute atomic E-state index is 13.1. The molecule has 0 aromatic heterocycles. The fourth-order valence-corrected chi connectivity index (χ4v) is 3.06. The third kappa shape index (κ3) is 4.34. The molecule has 0 aliphatic carbocycles. The number of carbonyl (C=O) groups is 3. The van der Waals surface area contributed by atoms with Gasteiger partial charge in [-0.1, -0.05) is 37.3 Å². The Balaban J connectivity index is 2.35. The molecule has 6 heteroatoms. The molecule has 1 unspecified atom stereocenters. The predicted molar refractivity (Wildman–Crippen MR) is 89.3 cm³/mol. The second-order valence-corrected chi connectivity index (χ2v) is 6.01. The molecule has 0 spiro atoms. The molecule has 1 N–H and O–H groups in total. The van der Waals surface area contributed by atoms with Crippen molar-refractivity contribution >= 4 is 17.8 Å². The lowest BCUT2D eigenvalue weighted by molar-refractivity contribution is -0.151. The Morgan fingerprint density at radius 3 is 2.54 bits per heavy atom. The van der Waals surface area contributed by atoms with Crippen LogP contribution in [0.25, 0.3) is 0 Å². The molecule has 1 fully saturated rings. The zero-order valence-corrected chi connectivity index (χ0v) is 14.0. The van der Waals surface area contributed by atoms with Gasteiger partial charge in [0.25, 0.3) is 5.91 Å². The Morgan fingerprint density at radius 1 is 1.25 bits per heavy atom. The van der Waals surface area contributed by atoms with E-state index in [0.29, 0.717) is 25.9 Å². The Bertz CT molecular complexity index is 588. The molecule has 1 heterocycles. The number of hydrogen-bond donors (Lipinski definition) is 1. The summed E-state index contributed by atoms with van der Waals surface area (Å²) in [6, 6.07) is 8.39. The number of likely N-dealkylation sites (tertiary alicyclic amines) is 1. The zero-order chi connectivity index (χ0) is 17.5. The van der Waals surface area contributed by atoms with Gasteiger partial charge in [-0.2, -0.15) is 0 Å². The van der Waals surface area contributed by atoms with E-state index in [1.54, 1.807) is 4.90 Å². The van der Waals surface area contributed by atoms with Crippen LogP contribution in [0, 0.1) is 0 Å². The van der Waals surface area contributed by atoms with Gasteiger partial charge >= 0.3 is 5.97 Å². The highest BCUT2D eigenvalue weighted by molar-refractivity contribution is 5.90. The quantitative estimate of drug-likeness (QED) is 0.829. The fraction of sp³-hybridized carbons (Fsp3) is 0.500. The van der Waals surface area contributed by atoms with E-state index in [1.807, 2.05) is 37.3 Å². The van der Waals surface area contributed by atoms with Crippen LogP contribution in [0.15, 0.2) is 30.3 Å². The monoisotopic (exact) mass is 332 g/mol. The summed E-state index contributed by atoms with van der Waals surface area (Å²) in [4.78, 5) is 39.5. The fourth-order valence-electron chi connectivity index (χ4n) is 3.06. The zero-order valence-electron chi connectivity index (χ0n) is 14.0. The first kappa shape index (κ1) is 18.0. The summed E-state index contributed by atoms with van der Waals surface area (Å²) in [7, 11) is 0. The standard InChI is InChI=1S/C18H24N2O4/c1-2-11-19(13-16(22)23)18(24)17(14-8-4-3-5-9-14)20-12-7-6-10-15(20)21/h3-5,8-9,17H,2,6-7,10-13H2,1H3,(H,22,23). The first-order valence-electron chi connectivity index (χ1n) is 8.39. The Morgan fingerprint density at radius 2 is 1.96 bits per heavy atom. The van der Waals surface area contributed by atoms with Crippen molar-refractivity contribution in [2.24, 2.45) is 0 Å². The molecule has 0 radical (unpaired) electrons. The van der Waals surface area contributed by atoms with E-state index in [9.17, 15) is 14.4 Å². The number of benzene rings is 1. The summed E-state index contributed by atoms with van der Waals surface area (Å²) < 4.78 is 0. The van der Waals surface area contributed by atoms with Gasteiger partial charge in [-0.15, -0.1) is 0 Å². The highest BCUT2D eigenvalue weighted by atomic mass is 16.4. The van der Waals surface area contributed by atoms with Gasteiger partial charge in [0.15, 0.2) is 0 Å². The van der Waals surface area contributed by atoms with E-state index in [-0.39, 0.29) is 18.4 Å². The normalized spacial score (nSPS) is 15.9. The van der Waals surface area contributed by atoms with Gasteiger partial charge < -0.3 is 14.9 Å². The molecule has 0 saturated carbocycles. The van der Waals surface area contributed by atoms with Crippen LogP contribution < -0.4 is 0 Å². The second kappa shape index (κ2) is 8.47. The van der Waals surface area contributed by atoms with Crippen molar-refractivity contribution in [3.05, 3.63) is 35.9 Å². The lowest BCUT2D eigenvalue weighted by Crippen LogP contribution is -2.48. The molecule has 1 aliphatic heterocycles. The predicted octanol–water partition coefficient (Wildman–Crippen LogP) is 2.06. The van der Waals surface area contributed by atoms with Gasteiger partial charge in [-0.05, 0) is 24.8 Å². The number of hydrogen-bond acceptors (Lipinski definition) is 3. The molecule has 1 aliphatic rings. The molecular formula is C18H24N2O4. The van der Waals surface area contributed by atoms with Crippen molar-refractivity contribution in [3.8, 4) is 0 Å². The van der Waals surface area contributed by atoms with Crippen LogP contribution in [0.1, 0.15) is 44.2 Å². The first-order valence-corrected chi connectivity index (χ1v) is 8.39. The molecule has 130 valence electrons. The van der Waals surface area contributed by atoms with Gasteiger partial charge in [0.1, 0.15) is 12.6 Å². The minimum Gasteiger partial charge on any atom is -0.480 e. The minimum atomic E-state index is -1.05. The summed E-state index contributed by atoms with van der Waals surface area (Å²) in [5, 5.41) is 9.10. The van der Waals surface area contributed by atoms with Crippen LogP contribution >= 0.6 is 0 Å². The van der Waals surface area contributed by atoms with E-state index in [0.717, 1.165) is 18.4 Å². The number of amides is 2. The smallest absolute Gasteiger partial charge is 0.323 e. The van der Waals surface area contributed by atoms with Crippen LogP contribution in [0.4, 0.5) is 0 Å². The highest BCUT2D eigenvalue weighted by Crippen LogP contribution is 2.27. The summed E-state index contributed by atoms with van der Waals surface area (Å²) in [5.74, 6) is -1.41. The van der Waals surface area contributed by atoms with E-state index in [1.165, 1.54) is 4.90 Å². The van der Waals surface area contributed by atoms with Crippen molar-refractivity contribution in [2.45, 2.75) is 38.6 Å². The van der Waals surface area contributed by atoms with Crippen molar-refractivity contribution < 1.29 is 19.5 Å². The number of nitrogens with zero attached hydrogens (tertiary/aromatic N) is 2. The number of piperidine rings is 1. The minimum absolute atomic E-state index is 0.0461. The van der Waals surface area contributed by atoms with E-state index < -0.39 is 12.0 Å². The summed E-state index contributed by atoms with van der Waals surface area (Å²) >= 11 is 0. The van der Waals surface area contributed by atoms with Crippen LogP contribution in [-0.4, -0.2) is 52.3 Å². The molecule has 0 bridgehead atoms. The summed E-state index contributed by atoms with van der Waals surface area (Å²) in [5.41, 5.74) is 0.726. The van der Waals surface area contributed by atoms with Crippen LogP contribution in [0.5, 0.6) is 0 Å². The van der Waals surface area contributed by atoms with Gasteiger partial charge in [0.05, 0.1) is 0 Å². The number of aliphatic carboxylic acids is 1. The molecule has 6 nitrogen and oxygen atoms in total. The van der Waals surface area contributed by atoms with Gasteiger partial charge in [-0.25, -0.2) is 0 Å². The van der Waals surface area contributed by atoms with Gasteiger partial charge in [0.2, 0.25) is 5.91 Å². The second-order valence-electron chi connectivity index (χ2n) is 6.01. The number of carboxylic acids is 1. The number of carboxylic acid groups (broad SMARTS) is 1. The van der Waals surface area contributed by atoms with Crippen molar-refractivity contribution in [1.82, 2.24) is 9.80 Å². The lowest BCUT2D eigenvalue weighted by atomic mass is 9.99. The third-order valence-electron chi connectivity index (χ3n) is 4.15.